The second-order valence-corrected chi connectivity index (χ2v) is 5.66. The molecule has 0 fully saturated rings. The normalized spacial score (nSPS) is 10.2. The highest BCUT2D eigenvalue weighted by Crippen LogP contribution is 2.11. The summed E-state index contributed by atoms with van der Waals surface area (Å²) in [4.78, 5) is 23.8. The molecule has 0 atom stereocenters. The molecule has 0 aliphatic rings. The van der Waals surface area contributed by atoms with Gasteiger partial charge in [-0.25, -0.2) is 4.79 Å². The van der Waals surface area contributed by atoms with Crippen LogP contribution in [0.5, 0.6) is 0 Å². The molecule has 0 heterocycles. The van der Waals surface area contributed by atoms with E-state index >= 15 is 0 Å². The summed E-state index contributed by atoms with van der Waals surface area (Å²) >= 11 is 0. The van der Waals surface area contributed by atoms with Crippen molar-refractivity contribution in [1.82, 2.24) is 5.32 Å². The average Bonchev–Trinajstić information content (AvgIpc) is 2.52. The van der Waals surface area contributed by atoms with E-state index < -0.39 is 5.97 Å². The molecule has 4 nitrogen and oxygen atoms in total. The minimum atomic E-state index is -0.479. The van der Waals surface area contributed by atoms with Crippen molar-refractivity contribution in [2.45, 2.75) is 27.3 Å². The molecule has 0 aromatic heterocycles. The zero-order chi connectivity index (χ0) is 16.8. The first-order chi connectivity index (χ1) is 11.0. The lowest BCUT2D eigenvalue weighted by molar-refractivity contribution is -0.124. The second kappa shape index (κ2) is 7.58. The molecule has 0 radical (unpaired) electrons. The Morgan fingerprint density at radius 2 is 1.61 bits per heavy atom. The van der Waals surface area contributed by atoms with Crippen molar-refractivity contribution in [2.24, 2.45) is 0 Å². The third-order valence-corrected chi connectivity index (χ3v) is 3.55. The molecule has 1 N–H and O–H groups in total. The standard InChI is InChI=1S/C19H21NO3/c1-13-4-7-16(8-5-13)11-20-18(21)12-23-19(22)17-9-6-14(2)10-15(17)3/h4-10H,11-12H2,1-3H3,(H,20,21). The van der Waals surface area contributed by atoms with E-state index in [0.717, 1.165) is 16.7 Å². The summed E-state index contributed by atoms with van der Waals surface area (Å²) in [6, 6.07) is 13.4. The van der Waals surface area contributed by atoms with Crippen molar-refractivity contribution in [3.05, 3.63) is 70.3 Å². The molecule has 0 bridgehead atoms. The van der Waals surface area contributed by atoms with Crippen LogP contribution in [0.4, 0.5) is 0 Å². The van der Waals surface area contributed by atoms with Crippen LogP contribution in [0.3, 0.4) is 0 Å². The Kier molecular flexibility index (Phi) is 5.52. The Bertz CT molecular complexity index is 705. The van der Waals surface area contributed by atoms with Gasteiger partial charge >= 0.3 is 5.97 Å². The number of esters is 1. The van der Waals surface area contributed by atoms with Crippen LogP contribution in [0.25, 0.3) is 0 Å². The van der Waals surface area contributed by atoms with Gasteiger partial charge in [-0.15, -0.1) is 0 Å². The van der Waals surface area contributed by atoms with E-state index in [0.29, 0.717) is 12.1 Å². The Morgan fingerprint density at radius 3 is 2.26 bits per heavy atom. The third-order valence-electron chi connectivity index (χ3n) is 3.55. The van der Waals surface area contributed by atoms with Crippen molar-refractivity contribution >= 4 is 11.9 Å². The SMILES string of the molecule is Cc1ccc(CNC(=O)COC(=O)c2ccc(C)cc2C)cc1. The lowest BCUT2D eigenvalue weighted by atomic mass is 10.1. The van der Waals surface area contributed by atoms with E-state index in [4.69, 9.17) is 4.74 Å². The number of ether oxygens (including phenoxy) is 1. The highest BCUT2D eigenvalue weighted by atomic mass is 16.5. The molecule has 4 heteroatoms. The van der Waals surface area contributed by atoms with Gasteiger partial charge in [0.1, 0.15) is 0 Å². The number of nitrogens with one attached hydrogen (secondary N) is 1. The van der Waals surface area contributed by atoms with E-state index in [9.17, 15) is 9.59 Å². The van der Waals surface area contributed by atoms with Gasteiger partial charge in [-0.3, -0.25) is 4.79 Å². The van der Waals surface area contributed by atoms with Crippen molar-refractivity contribution in [2.75, 3.05) is 6.61 Å². The van der Waals surface area contributed by atoms with E-state index in [1.165, 1.54) is 5.56 Å². The summed E-state index contributed by atoms with van der Waals surface area (Å²) in [6.45, 7) is 5.95. The predicted molar refractivity (Wildman–Crippen MR) is 89.2 cm³/mol. The molecule has 1 amide bonds. The van der Waals surface area contributed by atoms with Gasteiger partial charge in [-0.1, -0.05) is 47.5 Å². The van der Waals surface area contributed by atoms with Gasteiger partial charge in [0.2, 0.25) is 0 Å². The number of benzene rings is 2. The van der Waals surface area contributed by atoms with Crippen LogP contribution in [0, 0.1) is 20.8 Å². The van der Waals surface area contributed by atoms with E-state index in [-0.39, 0.29) is 12.5 Å². The lowest BCUT2D eigenvalue weighted by Crippen LogP contribution is -2.28. The summed E-state index contributed by atoms with van der Waals surface area (Å²) < 4.78 is 5.07. The number of carbonyl (C=O) groups is 2. The fraction of sp³-hybridized carbons (Fsp3) is 0.263. The van der Waals surface area contributed by atoms with Crippen molar-refractivity contribution in [3.63, 3.8) is 0 Å². The lowest BCUT2D eigenvalue weighted by Gasteiger charge is -2.09. The first kappa shape index (κ1) is 16.7. The third kappa shape index (κ3) is 4.95. The number of rotatable bonds is 5. The average molecular weight is 311 g/mol. The van der Waals surface area contributed by atoms with Crippen LogP contribution in [0.1, 0.15) is 32.6 Å². The highest BCUT2D eigenvalue weighted by molar-refractivity contribution is 5.92. The van der Waals surface area contributed by atoms with Gasteiger partial charge in [0.05, 0.1) is 5.56 Å². The first-order valence-corrected chi connectivity index (χ1v) is 7.52. The molecule has 0 unspecified atom stereocenters. The quantitative estimate of drug-likeness (QED) is 0.863. The molecule has 120 valence electrons. The number of hydrogen-bond donors (Lipinski definition) is 1. The Hall–Kier alpha value is -2.62. The van der Waals surface area contributed by atoms with Gasteiger partial charge in [-0.05, 0) is 38.0 Å². The van der Waals surface area contributed by atoms with Gasteiger partial charge < -0.3 is 10.1 Å². The van der Waals surface area contributed by atoms with Crippen LogP contribution in [-0.2, 0) is 16.1 Å². The van der Waals surface area contributed by atoms with E-state index in [2.05, 4.69) is 5.32 Å². The number of hydrogen-bond acceptors (Lipinski definition) is 3. The summed E-state index contributed by atoms with van der Waals surface area (Å²) in [5.41, 5.74) is 4.58. The largest absolute Gasteiger partial charge is 0.452 e. The minimum absolute atomic E-state index is 0.280. The molecular formula is C19H21NO3. The number of carbonyl (C=O) groups excluding carboxylic acids is 2. The van der Waals surface area contributed by atoms with Crippen LogP contribution in [-0.4, -0.2) is 18.5 Å². The van der Waals surface area contributed by atoms with E-state index in [1.54, 1.807) is 6.07 Å². The molecule has 2 aromatic carbocycles. The Balaban J connectivity index is 1.81. The summed E-state index contributed by atoms with van der Waals surface area (Å²) in [5, 5.41) is 2.73. The zero-order valence-electron chi connectivity index (χ0n) is 13.7. The van der Waals surface area contributed by atoms with Crippen LogP contribution in [0.15, 0.2) is 42.5 Å². The smallest absolute Gasteiger partial charge is 0.338 e. The maximum atomic E-state index is 12.0. The summed E-state index contributed by atoms with van der Waals surface area (Å²) in [5.74, 6) is -0.795. The summed E-state index contributed by atoms with van der Waals surface area (Å²) in [6.07, 6.45) is 0. The maximum absolute atomic E-state index is 12.0. The molecule has 2 aromatic rings. The van der Waals surface area contributed by atoms with Crippen LogP contribution < -0.4 is 5.32 Å². The van der Waals surface area contributed by atoms with E-state index in [1.807, 2.05) is 57.2 Å². The molecular weight excluding hydrogens is 290 g/mol. The second-order valence-electron chi connectivity index (χ2n) is 5.66. The Labute approximate surface area is 136 Å². The first-order valence-electron chi connectivity index (χ1n) is 7.52. The molecule has 0 aliphatic carbocycles. The van der Waals surface area contributed by atoms with Crippen molar-refractivity contribution in [3.8, 4) is 0 Å². The van der Waals surface area contributed by atoms with Gasteiger partial charge in [0.15, 0.2) is 6.61 Å². The number of amides is 1. The molecule has 0 saturated carbocycles. The maximum Gasteiger partial charge on any atom is 0.338 e. The molecule has 2 rings (SSSR count). The fourth-order valence-corrected chi connectivity index (χ4v) is 2.21. The van der Waals surface area contributed by atoms with Crippen LogP contribution in [0.2, 0.25) is 0 Å². The van der Waals surface area contributed by atoms with Crippen molar-refractivity contribution < 1.29 is 14.3 Å². The molecule has 23 heavy (non-hydrogen) atoms. The fourth-order valence-electron chi connectivity index (χ4n) is 2.21. The van der Waals surface area contributed by atoms with Gasteiger partial charge in [0.25, 0.3) is 5.91 Å². The van der Waals surface area contributed by atoms with Crippen molar-refractivity contribution in [1.29, 1.82) is 0 Å². The monoisotopic (exact) mass is 311 g/mol. The van der Waals surface area contributed by atoms with Gasteiger partial charge in [-0.2, -0.15) is 0 Å². The predicted octanol–water partition coefficient (Wildman–Crippen LogP) is 3.09. The van der Waals surface area contributed by atoms with Gasteiger partial charge in [0, 0.05) is 6.54 Å². The topological polar surface area (TPSA) is 55.4 Å². The zero-order valence-corrected chi connectivity index (χ0v) is 13.7. The molecule has 0 aliphatic heterocycles. The van der Waals surface area contributed by atoms with Crippen LogP contribution >= 0.6 is 0 Å². The number of aryl methyl sites for hydroxylation is 3. The molecule has 0 saturated heterocycles. The minimum Gasteiger partial charge on any atom is -0.452 e. The summed E-state index contributed by atoms with van der Waals surface area (Å²) in [7, 11) is 0. The highest BCUT2D eigenvalue weighted by Gasteiger charge is 2.12. The molecule has 0 spiro atoms. The Morgan fingerprint density at radius 1 is 0.957 bits per heavy atom.